The monoisotopic (exact) mass is 311 g/mol. The van der Waals surface area contributed by atoms with Crippen LogP contribution in [0.15, 0.2) is 23.1 Å². The van der Waals surface area contributed by atoms with Gasteiger partial charge in [-0.3, -0.25) is 4.79 Å². The summed E-state index contributed by atoms with van der Waals surface area (Å²) in [5, 5.41) is 8.72. The van der Waals surface area contributed by atoms with E-state index < -0.39 is 22.5 Å². The van der Waals surface area contributed by atoms with Crippen molar-refractivity contribution in [2.24, 2.45) is 0 Å². The lowest BCUT2D eigenvalue weighted by Gasteiger charge is -2.08. The van der Waals surface area contributed by atoms with Crippen LogP contribution in [0.4, 0.5) is 0 Å². The fourth-order valence-corrected chi connectivity index (χ4v) is 2.60. The van der Waals surface area contributed by atoms with Crippen LogP contribution in [0.3, 0.4) is 0 Å². The van der Waals surface area contributed by atoms with Crippen LogP contribution in [0.2, 0.25) is 0 Å². The largest absolute Gasteiger partial charge is 0.468 e. The van der Waals surface area contributed by atoms with E-state index in [1.165, 1.54) is 13.2 Å². The summed E-state index contributed by atoms with van der Waals surface area (Å²) in [6, 6.07) is 4.71. The van der Waals surface area contributed by atoms with Gasteiger partial charge in [-0.1, -0.05) is 17.9 Å². The molecular formula is C14H17NO5S. The Bertz CT molecular complexity index is 670. The zero-order valence-electron chi connectivity index (χ0n) is 11.8. The van der Waals surface area contributed by atoms with E-state index in [4.69, 9.17) is 5.11 Å². The molecule has 1 aromatic carbocycles. The Hall–Kier alpha value is -1.88. The third-order valence-corrected chi connectivity index (χ3v) is 3.98. The normalized spacial score (nSPS) is 10.6. The van der Waals surface area contributed by atoms with E-state index in [2.05, 4.69) is 21.3 Å². The topological polar surface area (TPSA) is 92.7 Å². The SMILES string of the molecule is COC(=O)CNS(=O)(=O)c1ccc(C)cc1C#CCCO. The Balaban J connectivity index is 3.11. The van der Waals surface area contributed by atoms with Crippen LogP contribution in [-0.2, 0) is 19.6 Å². The van der Waals surface area contributed by atoms with Gasteiger partial charge in [0.2, 0.25) is 10.0 Å². The van der Waals surface area contributed by atoms with Gasteiger partial charge in [0.15, 0.2) is 0 Å². The molecule has 2 N–H and O–H groups in total. The maximum atomic E-state index is 12.2. The Morgan fingerprint density at radius 1 is 1.43 bits per heavy atom. The number of carbonyl (C=O) groups excluding carboxylic acids is 1. The molecule has 1 aromatic rings. The second kappa shape index (κ2) is 7.78. The molecular weight excluding hydrogens is 294 g/mol. The molecule has 114 valence electrons. The van der Waals surface area contributed by atoms with Gasteiger partial charge in [-0.05, 0) is 24.6 Å². The molecule has 21 heavy (non-hydrogen) atoms. The number of esters is 1. The first-order valence-electron chi connectivity index (χ1n) is 6.17. The van der Waals surface area contributed by atoms with E-state index in [0.717, 1.165) is 5.56 Å². The maximum absolute atomic E-state index is 12.2. The van der Waals surface area contributed by atoms with Crippen molar-refractivity contribution < 1.29 is 23.1 Å². The summed E-state index contributed by atoms with van der Waals surface area (Å²) in [7, 11) is -2.69. The quantitative estimate of drug-likeness (QED) is 0.598. The number of nitrogens with one attached hydrogen (secondary N) is 1. The summed E-state index contributed by atoms with van der Waals surface area (Å²) in [5.41, 5.74) is 1.18. The molecule has 0 fully saturated rings. The molecule has 0 amide bonds. The number of carbonyl (C=O) groups is 1. The fourth-order valence-electron chi connectivity index (χ4n) is 1.49. The standard InChI is InChI=1S/C14H17NO5S/c1-11-6-7-13(12(9-11)5-3-4-8-16)21(18,19)15-10-14(17)20-2/h6-7,9,15-16H,4,8,10H2,1-2H3. The predicted molar refractivity (Wildman–Crippen MR) is 77.0 cm³/mol. The summed E-state index contributed by atoms with van der Waals surface area (Å²) in [6.07, 6.45) is 0.253. The molecule has 0 radical (unpaired) electrons. The van der Waals surface area contributed by atoms with Crippen molar-refractivity contribution in [3.63, 3.8) is 0 Å². The lowest BCUT2D eigenvalue weighted by Crippen LogP contribution is -2.30. The second-order valence-electron chi connectivity index (χ2n) is 4.18. The van der Waals surface area contributed by atoms with Gasteiger partial charge in [-0.25, -0.2) is 8.42 Å². The molecule has 1 rings (SSSR count). The number of aliphatic hydroxyl groups excluding tert-OH is 1. The minimum atomic E-state index is -3.87. The highest BCUT2D eigenvalue weighted by Gasteiger charge is 2.19. The maximum Gasteiger partial charge on any atom is 0.320 e. The van der Waals surface area contributed by atoms with E-state index in [9.17, 15) is 13.2 Å². The number of ether oxygens (including phenoxy) is 1. The molecule has 0 spiro atoms. The first kappa shape index (κ1) is 17.2. The van der Waals surface area contributed by atoms with Gasteiger partial charge in [0.1, 0.15) is 6.54 Å². The van der Waals surface area contributed by atoms with Crippen LogP contribution in [-0.4, -0.2) is 39.8 Å². The number of aliphatic hydroxyl groups is 1. The highest BCUT2D eigenvalue weighted by molar-refractivity contribution is 7.89. The molecule has 0 unspecified atom stereocenters. The molecule has 0 aliphatic rings. The van der Waals surface area contributed by atoms with Crippen LogP contribution in [0, 0.1) is 18.8 Å². The number of aryl methyl sites for hydroxylation is 1. The van der Waals surface area contributed by atoms with Crippen LogP contribution < -0.4 is 4.72 Å². The summed E-state index contributed by atoms with van der Waals surface area (Å²) >= 11 is 0. The van der Waals surface area contributed by atoms with Crippen molar-refractivity contribution in [3.8, 4) is 11.8 Å². The smallest absolute Gasteiger partial charge is 0.320 e. The first-order valence-corrected chi connectivity index (χ1v) is 7.66. The van der Waals surface area contributed by atoms with Crippen LogP contribution in [0.25, 0.3) is 0 Å². The Morgan fingerprint density at radius 2 is 2.14 bits per heavy atom. The predicted octanol–water partition coefficient (Wildman–Crippen LogP) is 0.180. The lowest BCUT2D eigenvalue weighted by atomic mass is 10.1. The van der Waals surface area contributed by atoms with E-state index in [1.807, 2.05) is 6.92 Å². The zero-order chi connectivity index (χ0) is 15.9. The molecule has 0 aromatic heterocycles. The number of sulfonamides is 1. The molecule has 7 heteroatoms. The molecule has 0 bridgehead atoms. The Kier molecular flexibility index (Phi) is 6.37. The van der Waals surface area contributed by atoms with Crippen molar-refractivity contribution in [3.05, 3.63) is 29.3 Å². The highest BCUT2D eigenvalue weighted by Crippen LogP contribution is 2.16. The van der Waals surface area contributed by atoms with Crippen molar-refractivity contribution >= 4 is 16.0 Å². The zero-order valence-corrected chi connectivity index (χ0v) is 12.7. The van der Waals surface area contributed by atoms with Gasteiger partial charge in [0, 0.05) is 12.0 Å². The molecule has 0 atom stereocenters. The third kappa shape index (κ3) is 5.19. The second-order valence-corrected chi connectivity index (χ2v) is 5.91. The van der Waals surface area contributed by atoms with E-state index in [1.54, 1.807) is 12.1 Å². The molecule has 0 heterocycles. The van der Waals surface area contributed by atoms with Crippen molar-refractivity contribution in [2.75, 3.05) is 20.3 Å². The van der Waals surface area contributed by atoms with Crippen molar-refractivity contribution in [1.82, 2.24) is 4.72 Å². The Morgan fingerprint density at radius 3 is 2.76 bits per heavy atom. The summed E-state index contributed by atoms with van der Waals surface area (Å²) in [4.78, 5) is 11.0. The number of hydrogen-bond donors (Lipinski definition) is 2. The van der Waals surface area contributed by atoms with E-state index in [-0.39, 0.29) is 17.9 Å². The summed E-state index contributed by atoms with van der Waals surface area (Å²) < 4.78 is 30.9. The number of methoxy groups -OCH3 is 1. The van der Waals surface area contributed by atoms with E-state index in [0.29, 0.717) is 5.56 Å². The van der Waals surface area contributed by atoms with Crippen LogP contribution in [0.1, 0.15) is 17.5 Å². The van der Waals surface area contributed by atoms with Gasteiger partial charge >= 0.3 is 5.97 Å². The van der Waals surface area contributed by atoms with Crippen LogP contribution >= 0.6 is 0 Å². The summed E-state index contributed by atoms with van der Waals surface area (Å²) in [6.45, 7) is 1.27. The fraction of sp³-hybridized carbons (Fsp3) is 0.357. The van der Waals surface area contributed by atoms with Crippen molar-refractivity contribution in [1.29, 1.82) is 0 Å². The number of benzene rings is 1. The third-order valence-electron chi connectivity index (χ3n) is 2.52. The molecule has 0 saturated carbocycles. The van der Waals surface area contributed by atoms with Gasteiger partial charge in [-0.15, -0.1) is 0 Å². The van der Waals surface area contributed by atoms with E-state index >= 15 is 0 Å². The number of rotatable bonds is 5. The summed E-state index contributed by atoms with van der Waals surface area (Å²) in [5.74, 6) is 4.72. The molecule has 0 aliphatic heterocycles. The van der Waals surface area contributed by atoms with Gasteiger partial charge < -0.3 is 9.84 Å². The minimum absolute atomic E-state index is 0.0116. The average molecular weight is 311 g/mol. The first-order chi connectivity index (χ1) is 9.90. The highest BCUT2D eigenvalue weighted by atomic mass is 32.2. The van der Waals surface area contributed by atoms with Crippen LogP contribution in [0.5, 0.6) is 0 Å². The van der Waals surface area contributed by atoms with Gasteiger partial charge in [-0.2, -0.15) is 4.72 Å². The molecule has 0 saturated heterocycles. The van der Waals surface area contributed by atoms with Gasteiger partial charge in [0.25, 0.3) is 0 Å². The van der Waals surface area contributed by atoms with Crippen molar-refractivity contribution in [2.45, 2.75) is 18.2 Å². The number of hydrogen-bond acceptors (Lipinski definition) is 5. The molecule has 6 nitrogen and oxygen atoms in total. The average Bonchev–Trinajstić information content (AvgIpc) is 2.45. The molecule has 0 aliphatic carbocycles. The Labute approximate surface area is 124 Å². The van der Waals surface area contributed by atoms with Gasteiger partial charge in [0.05, 0.1) is 18.6 Å². The lowest BCUT2D eigenvalue weighted by molar-refractivity contribution is -0.139. The minimum Gasteiger partial charge on any atom is -0.468 e.